The number of hydrogen-bond acceptors (Lipinski definition) is 4. The van der Waals surface area contributed by atoms with Crippen LogP contribution in [0.25, 0.3) is 0 Å². The highest BCUT2D eigenvalue weighted by Crippen LogP contribution is 2.36. The molecule has 15 heavy (non-hydrogen) atoms. The van der Waals surface area contributed by atoms with Gasteiger partial charge in [-0.15, -0.1) is 0 Å². The van der Waals surface area contributed by atoms with Gasteiger partial charge in [0.05, 0.1) is 6.20 Å². The molecule has 1 aliphatic heterocycles. The maximum Gasteiger partial charge on any atom is 0.141 e. The van der Waals surface area contributed by atoms with E-state index in [9.17, 15) is 10.0 Å². The van der Waals surface area contributed by atoms with Crippen LogP contribution in [0.1, 0.15) is 40.5 Å². The van der Waals surface area contributed by atoms with Crippen LogP contribution in [-0.2, 0) is 4.79 Å². The van der Waals surface area contributed by atoms with Gasteiger partial charge in [-0.3, -0.25) is 0 Å². The van der Waals surface area contributed by atoms with E-state index in [2.05, 4.69) is 5.32 Å². The van der Waals surface area contributed by atoms with Crippen LogP contribution in [0.15, 0.2) is 6.20 Å². The van der Waals surface area contributed by atoms with Gasteiger partial charge in [0.15, 0.2) is 0 Å². The minimum Gasteiger partial charge on any atom is -0.379 e. The van der Waals surface area contributed by atoms with Crippen LogP contribution in [0.4, 0.5) is 0 Å². The Morgan fingerprint density at radius 3 is 2.20 bits per heavy atom. The lowest BCUT2D eigenvalue weighted by Crippen LogP contribution is -2.62. The Labute approximate surface area is 90.9 Å². The standard InChI is InChI=1S/C11H20N2O2/c1-10(2)7-9(12-5-6-14)8-11(3,4)13(10)15/h5,9,12,15H,7-8H2,1-4H3. The molecular formula is C11H20N2O2. The largest absolute Gasteiger partial charge is 0.379 e. The fraction of sp³-hybridized carbons (Fsp3) is 0.818. The summed E-state index contributed by atoms with van der Waals surface area (Å²) in [4.78, 5) is 10.1. The molecule has 0 aliphatic carbocycles. The van der Waals surface area contributed by atoms with E-state index in [1.54, 1.807) is 5.94 Å². The number of piperidine rings is 1. The first kappa shape index (κ1) is 12.2. The fourth-order valence-corrected chi connectivity index (χ4v) is 2.54. The summed E-state index contributed by atoms with van der Waals surface area (Å²) < 4.78 is 0. The molecule has 1 aliphatic rings. The maximum atomic E-state index is 10.1. The Balaban J connectivity index is 2.79. The van der Waals surface area contributed by atoms with Crippen LogP contribution in [0.3, 0.4) is 0 Å². The lowest BCUT2D eigenvalue weighted by atomic mass is 9.79. The molecule has 1 saturated heterocycles. The Morgan fingerprint density at radius 2 is 1.80 bits per heavy atom. The second-order valence-corrected chi connectivity index (χ2v) is 5.47. The zero-order valence-electron chi connectivity index (χ0n) is 9.87. The van der Waals surface area contributed by atoms with Gasteiger partial charge in [-0.1, -0.05) is 0 Å². The Bertz CT molecular complexity index is 262. The van der Waals surface area contributed by atoms with Crippen molar-refractivity contribution in [1.82, 2.24) is 10.4 Å². The maximum absolute atomic E-state index is 10.1. The summed E-state index contributed by atoms with van der Waals surface area (Å²) in [7, 11) is 0. The van der Waals surface area contributed by atoms with Crippen LogP contribution in [0, 0.1) is 0 Å². The summed E-state index contributed by atoms with van der Waals surface area (Å²) >= 11 is 0. The molecule has 1 rings (SSSR count). The van der Waals surface area contributed by atoms with Gasteiger partial charge in [-0.2, -0.15) is 5.06 Å². The monoisotopic (exact) mass is 212 g/mol. The molecule has 0 bridgehead atoms. The minimum absolute atomic E-state index is 0.208. The summed E-state index contributed by atoms with van der Waals surface area (Å²) in [5.41, 5.74) is -0.563. The summed E-state index contributed by atoms with van der Waals surface area (Å²) in [6, 6.07) is 0.208. The molecule has 0 saturated carbocycles. The topological polar surface area (TPSA) is 52.6 Å². The van der Waals surface area contributed by atoms with E-state index >= 15 is 0 Å². The van der Waals surface area contributed by atoms with Gasteiger partial charge in [-0.05, 0) is 40.5 Å². The molecule has 4 heteroatoms. The highest BCUT2D eigenvalue weighted by Gasteiger charge is 2.44. The quantitative estimate of drug-likeness (QED) is 0.678. The Hall–Kier alpha value is -0.830. The number of nitrogens with zero attached hydrogens (tertiary/aromatic N) is 1. The molecule has 0 radical (unpaired) electrons. The minimum atomic E-state index is -0.282. The molecule has 0 spiro atoms. The van der Waals surface area contributed by atoms with E-state index in [1.807, 2.05) is 27.7 Å². The predicted octanol–water partition coefficient (Wildman–Crippen LogP) is 1.33. The van der Waals surface area contributed by atoms with Crippen molar-refractivity contribution in [3.63, 3.8) is 0 Å². The van der Waals surface area contributed by atoms with Crippen LogP contribution in [0.5, 0.6) is 0 Å². The lowest BCUT2D eigenvalue weighted by molar-refractivity contribution is -0.245. The number of nitrogens with one attached hydrogen (secondary N) is 1. The summed E-state index contributed by atoms with van der Waals surface area (Å²) in [5, 5.41) is 14.5. The van der Waals surface area contributed by atoms with Crippen LogP contribution >= 0.6 is 0 Å². The van der Waals surface area contributed by atoms with Crippen molar-refractivity contribution in [1.29, 1.82) is 0 Å². The van der Waals surface area contributed by atoms with Crippen molar-refractivity contribution >= 4 is 5.94 Å². The molecule has 0 aromatic heterocycles. The molecule has 2 N–H and O–H groups in total. The van der Waals surface area contributed by atoms with Crippen molar-refractivity contribution in [2.75, 3.05) is 0 Å². The second kappa shape index (κ2) is 3.97. The zero-order valence-corrected chi connectivity index (χ0v) is 9.87. The van der Waals surface area contributed by atoms with E-state index < -0.39 is 0 Å². The second-order valence-electron chi connectivity index (χ2n) is 5.47. The van der Waals surface area contributed by atoms with Crippen molar-refractivity contribution in [2.45, 2.75) is 57.7 Å². The van der Waals surface area contributed by atoms with Gasteiger partial charge in [0.2, 0.25) is 0 Å². The third kappa shape index (κ3) is 2.59. The Morgan fingerprint density at radius 1 is 1.33 bits per heavy atom. The van der Waals surface area contributed by atoms with Crippen molar-refractivity contribution in [2.24, 2.45) is 0 Å². The van der Waals surface area contributed by atoms with Gasteiger partial charge in [0.25, 0.3) is 0 Å². The third-order valence-electron chi connectivity index (χ3n) is 3.02. The first-order chi connectivity index (χ1) is 6.79. The molecule has 86 valence electrons. The first-order valence-electron chi connectivity index (χ1n) is 5.24. The van der Waals surface area contributed by atoms with E-state index in [1.165, 1.54) is 11.3 Å². The molecular weight excluding hydrogens is 192 g/mol. The summed E-state index contributed by atoms with van der Waals surface area (Å²) in [5.74, 6) is 1.72. The van der Waals surface area contributed by atoms with Gasteiger partial charge in [0, 0.05) is 17.1 Å². The van der Waals surface area contributed by atoms with Crippen molar-refractivity contribution in [3.05, 3.63) is 6.20 Å². The van der Waals surface area contributed by atoms with Crippen molar-refractivity contribution < 1.29 is 10.0 Å². The zero-order chi connectivity index (χ0) is 11.7. The normalized spacial score (nSPS) is 25.7. The molecule has 0 unspecified atom stereocenters. The van der Waals surface area contributed by atoms with Gasteiger partial charge < -0.3 is 10.5 Å². The van der Waals surface area contributed by atoms with Gasteiger partial charge in [0.1, 0.15) is 5.94 Å². The van der Waals surface area contributed by atoms with E-state index in [-0.39, 0.29) is 17.1 Å². The average molecular weight is 212 g/mol. The van der Waals surface area contributed by atoms with Crippen molar-refractivity contribution in [3.8, 4) is 0 Å². The smallest absolute Gasteiger partial charge is 0.141 e. The molecule has 0 atom stereocenters. The summed E-state index contributed by atoms with van der Waals surface area (Å²) in [6.45, 7) is 7.97. The molecule has 4 nitrogen and oxygen atoms in total. The van der Waals surface area contributed by atoms with E-state index in [4.69, 9.17) is 0 Å². The molecule has 0 amide bonds. The highest BCUT2D eigenvalue weighted by molar-refractivity contribution is 5.44. The predicted molar refractivity (Wildman–Crippen MR) is 58.2 cm³/mol. The van der Waals surface area contributed by atoms with E-state index in [0.717, 1.165) is 12.8 Å². The highest BCUT2D eigenvalue weighted by atomic mass is 16.5. The van der Waals surface area contributed by atoms with Crippen LogP contribution in [0.2, 0.25) is 0 Å². The average Bonchev–Trinajstić information content (AvgIpc) is 2.10. The molecule has 0 aromatic carbocycles. The summed E-state index contributed by atoms with van der Waals surface area (Å²) in [6.07, 6.45) is 2.90. The third-order valence-corrected chi connectivity index (χ3v) is 3.02. The molecule has 1 fully saturated rings. The number of rotatable bonds is 2. The SMILES string of the molecule is CC1(C)CC(NC=C=O)CC(C)(C)N1O. The molecule has 0 aromatic rings. The molecule has 1 heterocycles. The van der Waals surface area contributed by atoms with Gasteiger partial charge in [-0.25, -0.2) is 4.79 Å². The lowest BCUT2D eigenvalue weighted by Gasteiger charge is -2.51. The number of hydrogen-bond donors (Lipinski definition) is 2. The van der Waals surface area contributed by atoms with Gasteiger partial charge >= 0.3 is 0 Å². The van der Waals surface area contributed by atoms with Crippen LogP contribution in [-0.4, -0.2) is 33.3 Å². The number of hydroxylamine groups is 2. The van der Waals surface area contributed by atoms with E-state index in [0.29, 0.717) is 0 Å². The van der Waals surface area contributed by atoms with Crippen LogP contribution < -0.4 is 5.32 Å². The Kier molecular flexibility index (Phi) is 3.24. The first-order valence-corrected chi connectivity index (χ1v) is 5.24. The fourth-order valence-electron chi connectivity index (χ4n) is 2.54. The number of carbonyl (C=O) groups excluding carboxylic acids is 1.